The number of hydrogen-bond donors (Lipinski definition) is 2. The van der Waals surface area contributed by atoms with Gasteiger partial charge in [0.1, 0.15) is 5.78 Å². The van der Waals surface area contributed by atoms with Crippen molar-refractivity contribution >= 4 is 35.2 Å². The number of alkyl carbamates (subject to hydrolysis) is 1. The zero-order chi connectivity index (χ0) is 30.7. The Kier molecular flexibility index (Phi) is 25.8. The predicted molar refractivity (Wildman–Crippen MR) is 160 cm³/mol. The molecule has 11 nitrogen and oxygen atoms in total. The van der Waals surface area contributed by atoms with Gasteiger partial charge >= 0.3 is 122 Å². The second-order valence-corrected chi connectivity index (χ2v) is 10.3. The molecule has 1 unspecified atom stereocenters. The van der Waals surface area contributed by atoms with Crippen LogP contribution in [-0.2, 0) is 23.9 Å². The summed E-state index contributed by atoms with van der Waals surface area (Å²) in [5.74, 6) is -0.996. The number of ether oxygens (including phenoxy) is 2. The van der Waals surface area contributed by atoms with Gasteiger partial charge < -0.3 is 40.3 Å². The Hall–Kier alpha value is -0.120. The first kappa shape index (κ1) is 43.9. The van der Waals surface area contributed by atoms with Crippen LogP contribution in [0.3, 0.4) is 0 Å². The Bertz CT molecular complexity index is 1100. The first-order valence-corrected chi connectivity index (χ1v) is 14.7. The van der Waals surface area contributed by atoms with Crippen LogP contribution < -0.4 is 127 Å². The third kappa shape index (κ3) is 18.3. The molecule has 1 atom stereocenters. The van der Waals surface area contributed by atoms with E-state index in [4.69, 9.17) is 9.47 Å². The molecule has 1 aromatic rings. The van der Waals surface area contributed by atoms with Crippen LogP contribution >= 0.6 is 0 Å². The Morgan fingerprint density at radius 1 is 0.909 bits per heavy atom. The van der Waals surface area contributed by atoms with Gasteiger partial charge in [-0.15, -0.1) is 12.2 Å². The van der Waals surface area contributed by atoms with E-state index in [9.17, 15) is 24.0 Å². The molecule has 0 aliphatic heterocycles. The van der Waals surface area contributed by atoms with E-state index in [2.05, 4.69) is 21.3 Å². The maximum atomic E-state index is 12.9. The molecule has 232 valence electrons. The van der Waals surface area contributed by atoms with Crippen molar-refractivity contribution in [3.63, 3.8) is 0 Å². The number of benzene rings is 1. The van der Waals surface area contributed by atoms with Gasteiger partial charge in [0, 0.05) is 62.4 Å². The van der Waals surface area contributed by atoms with Gasteiger partial charge in [-0.2, -0.15) is 0 Å². The van der Waals surface area contributed by atoms with E-state index in [-0.39, 0.29) is 154 Å². The molecule has 1 aliphatic carbocycles. The number of carbonyl (C=O) groups excluding carboxylic acids is 5. The van der Waals surface area contributed by atoms with Crippen LogP contribution in [0.5, 0.6) is 0 Å². The molecule has 2 N–H and O–H groups in total. The van der Waals surface area contributed by atoms with Crippen molar-refractivity contribution in [3.05, 3.63) is 51.7 Å². The Morgan fingerprint density at radius 2 is 1.61 bits per heavy atom. The molecule has 44 heavy (non-hydrogen) atoms. The van der Waals surface area contributed by atoms with Crippen LogP contribution in [-0.4, -0.2) is 69.4 Å². The maximum Gasteiger partial charge on any atom is 1.00 e. The predicted octanol–water partition coefficient (Wildman–Crippen LogP) is -0.725. The van der Waals surface area contributed by atoms with Gasteiger partial charge in [-0.25, -0.2) is 4.79 Å². The third-order valence-corrected chi connectivity index (χ3v) is 6.95. The SMILES string of the molecule is CNC1=C(C(=O)c2ccc([N-]C(=O)CC(=O)[N-]CCOCCCOC(=O)NCCCCC(C)C(C)=O)cc2)CCCC1.[Rb+].[Rb+]. The van der Waals surface area contributed by atoms with Gasteiger partial charge in [-0.05, 0) is 45.4 Å². The molecule has 0 fully saturated rings. The van der Waals surface area contributed by atoms with E-state index in [1.165, 1.54) is 0 Å². The molecule has 0 saturated carbocycles. The Morgan fingerprint density at radius 3 is 2.30 bits per heavy atom. The van der Waals surface area contributed by atoms with Crippen molar-refractivity contribution in [2.75, 3.05) is 40.0 Å². The first-order valence-electron chi connectivity index (χ1n) is 14.7. The molecule has 0 heterocycles. The smallest absolute Gasteiger partial charge is 0.651 e. The summed E-state index contributed by atoms with van der Waals surface area (Å²) < 4.78 is 10.5. The minimum absolute atomic E-state index is 0. The number of amides is 3. The van der Waals surface area contributed by atoms with Crippen molar-refractivity contribution in [1.82, 2.24) is 10.6 Å². The summed E-state index contributed by atoms with van der Waals surface area (Å²) in [6.07, 6.45) is 5.67. The number of ketones is 2. The van der Waals surface area contributed by atoms with E-state index < -0.39 is 24.3 Å². The molecule has 0 aromatic heterocycles. The summed E-state index contributed by atoms with van der Waals surface area (Å²) in [6.45, 7) is 4.82. The van der Waals surface area contributed by atoms with Crippen molar-refractivity contribution in [1.29, 1.82) is 0 Å². The van der Waals surface area contributed by atoms with E-state index in [1.807, 2.05) is 14.0 Å². The Balaban J connectivity index is 0.00000924. The number of rotatable bonds is 19. The standard InChI is InChI=1S/C31H46N4O7.2Rb/c1-22(23(2)36)9-6-7-16-34-31(40)42-19-8-18-41-20-17-33-28(37)21-29(38)35-25-14-12-24(13-15-25)30(39)26-10-4-5-11-27(26)32-3;;/h12-15,22H,4-11,16-21H2,1-3H3,(H4,32,33,34,35,37,38,39,40);;/q;2*+1/p-2. The number of hydrogen-bond acceptors (Lipinski definition) is 8. The molecule has 1 aromatic carbocycles. The topological polar surface area (TPSA) is 156 Å². The van der Waals surface area contributed by atoms with Gasteiger partial charge in [0.25, 0.3) is 0 Å². The molecule has 2 rings (SSSR count). The van der Waals surface area contributed by atoms with E-state index in [0.717, 1.165) is 56.2 Å². The summed E-state index contributed by atoms with van der Waals surface area (Å²) in [4.78, 5) is 59.9. The van der Waals surface area contributed by atoms with Crippen LogP contribution in [0.4, 0.5) is 10.5 Å². The summed E-state index contributed by atoms with van der Waals surface area (Å²) in [5.41, 5.74) is 2.69. The van der Waals surface area contributed by atoms with Gasteiger partial charge in [0.15, 0.2) is 5.78 Å². The third-order valence-electron chi connectivity index (χ3n) is 6.95. The van der Waals surface area contributed by atoms with Gasteiger partial charge in [-0.1, -0.05) is 37.6 Å². The molecule has 0 spiro atoms. The summed E-state index contributed by atoms with van der Waals surface area (Å²) in [5, 5.41) is 13.5. The number of Topliss-reactive ketones (excluding diaryl/α,β-unsaturated/α-hetero) is 2. The van der Waals surface area contributed by atoms with Crippen LogP contribution in [0, 0.1) is 5.92 Å². The number of unbranched alkanes of at least 4 members (excludes halogenated alkanes) is 1. The van der Waals surface area contributed by atoms with Gasteiger partial charge in [0.2, 0.25) is 0 Å². The molecule has 0 bridgehead atoms. The second-order valence-electron chi connectivity index (χ2n) is 10.3. The van der Waals surface area contributed by atoms with Crippen LogP contribution in [0.2, 0.25) is 0 Å². The molecule has 1 aliphatic rings. The quantitative estimate of drug-likeness (QED) is 0.107. The average molecular weight is 756 g/mol. The fraction of sp³-hybridized carbons (Fsp3) is 0.581. The number of allylic oxidation sites excluding steroid dienone is 2. The van der Waals surface area contributed by atoms with Crippen molar-refractivity contribution in [3.8, 4) is 0 Å². The van der Waals surface area contributed by atoms with Crippen LogP contribution in [0.25, 0.3) is 10.6 Å². The molecule has 0 saturated heterocycles. The summed E-state index contributed by atoms with van der Waals surface area (Å²) in [7, 11) is 1.83. The molecular formula is C31H44N4O7Rb2. The molecule has 3 amide bonds. The summed E-state index contributed by atoms with van der Waals surface area (Å²) in [6, 6.07) is 6.47. The van der Waals surface area contributed by atoms with E-state index >= 15 is 0 Å². The maximum absolute atomic E-state index is 12.9. The van der Waals surface area contributed by atoms with Crippen molar-refractivity contribution in [2.24, 2.45) is 5.92 Å². The monoisotopic (exact) mass is 754 g/mol. The average Bonchev–Trinajstić information content (AvgIpc) is 2.98. The minimum atomic E-state index is -0.614. The van der Waals surface area contributed by atoms with Crippen molar-refractivity contribution in [2.45, 2.75) is 71.6 Å². The zero-order valence-corrected chi connectivity index (χ0v) is 36.9. The normalized spacial score (nSPS) is 13.0. The molecule has 13 heteroatoms. The minimum Gasteiger partial charge on any atom is -0.651 e. The largest absolute Gasteiger partial charge is 1.00 e. The van der Waals surface area contributed by atoms with E-state index in [0.29, 0.717) is 30.8 Å². The number of nitrogens with zero attached hydrogens (tertiary/aromatic N) is 2. The van der Waals surface area contributed by atoms with Crippen LogP contribution in [0.15, 0.2) is 35.5 Å². The first-order chi connectivity index (χ1) is 20.2. The van der Waals surface area contributed by atoms with Gasteiger partial charge in [0.05, 0.1) is 18.4 Å². The molecule has 0 radical (unpaired) electrons. The number of carbonyl (C=O) groups is 5. The van der Waals surface area contributed by atoms with Gasteiger partial charge in [-0.3, -0.25) is 9.59 Å². The summed E-state index contributed by atoms with van der Waals surface area (Å²) >= 11 is 0. The Labute approximate surface area is 359 Å². The fourth-order valence-corrected chi connectivity index (χ4v) is 4.35. The number of nitrogens with one attached hydrogen (secondary N) is 2. The van der Waals surface area contributed by atoms with Crippen molar-refractivity contribution < 1.29 is 150 Å². The van der Waals surface area contributed by atoms with Crippen LogP contribution in [0.1, 0.15) is 82.0 Å². The fourth-order valence-electron chi connectivity index (χ4n) is 4.35. The molecular weight excluding hydrogens is 711 g/mol. The zero-order valence-electron chi connectivity index (χ0n) is 27.0. The second kappa shape index (κ2) is 25.9. The van der Waals surface area contributed by atoms with E-state index in [1.54, 1.807) is 31.2 Å².